The van der Waals surface area contributed by atoms with Crippen molar-refractivity contribution < 1.29 is 13.2 Å². The summed E-state index contributed by atoms with van der Waals surface area (Å²) in [5.41, 5.74) is 0. The lowest BCUT2D eigenvalue weighted by atomic mass is 9.86. The summed E-state index contributed by atoms with van der Waals surface area (Å²) in [5.74, 6) is 0.890. The SMILES string of the molecule is O=C(CCC1CCCCC1)N1CC(S(=O)(=O)C2CCCCC2)C1. The highest BCUT2D eigenvalue weighted by atomic mass is 32.2. The number of likely N-dealkylation sites (tertiary alicyclic amines) is 1. The highest BCUT2D eigenvalue weighted by Crippen LogP contribution is 2.31. The molecule has 0 spiro atoms. The van der Waals surface area contributed by atoms with Gasteiger partial charge in [-0.1, -0.05) is 51.4 Å². The number of nitrogens with zero attached hydrogens (tertiary/aromatic N) is 1. The molecule has 0 aromatic rings. The fourth-order valence-corrected chi connectivity index (χ4v) is 6.79. The van der Waals surface area contributed by atoms with Crippen LogP contribution in [0.3, 0.4) is 0 Å². The van der Waals surface area contributed by atoms with Crippen molar-refractivity contribution in [3.63, 3.8) is 0 Å². The summed E-state index contributed by atoms with van der Waals surface area (Å²) in [7, 11) is -3.02. The van der Waals surface area contributed by atoms with Gasteiger partial charge in [-0.3, -0.25) is 4.79 Å². The second-order valence-corrected chi connectivity index (χ2v) is 10.3. The first-order chi connectivity index (χ1) is 11.1. The van der Waals surface area contributed by atoms with Crippen LogP contribution in [0.2, 0.25) is 0 Å². The number of carbonyl (C=O) groups excluding carboxylic acids is 1. The number of hydrogen-bond donors (Lipinski definition) is 0. The van der Waals surface area contributed by atoms with E-state index in [-0.39, 0.29) is 16.4 Å². The zero-order valence-electron chi connectivity index (χ0n) is 14.2. The van der Waals surface area contributed by atoms with Gasteiger partial charge in [-0.2, -0.15) is 0 Å². The summed E-state index contributed by atoms with van der Waals surface area (Å²) in [4.78, 5) is 14.0. The maximum atomic E-state index is 12.6. The molecule has 1 saturated heterocycles. The molecule has 3 aliphatic rings. The van der Waals surface area contributed by atoms with Gasteiger partial charge in [-0.25, -0.2) is 8.42 Å². The Kier molecular flexibility index (Phi) is 5.65. The topological polar surface area (TPSA) is 54.5 Å². The number of carbonyl (C=O) groups is 1. The van der Waals surface area contributed by atoms with Crippen molar-refractivity contribution in [2.24, 2.45) is 5.92 Å². The van der Waals surface area contributed by atoms with Crippen LogP contribution in [-0.2, 0) is 14.6 Å². The molecule has 0 unspecified atom stereocenters. The van der Waals surface area contributed by atoms with Crippen molar-refractivity contribution in [3.8, 4) is 0 Å². The molecule has 2 aliphatic carbocycles. The van der Waals surface area contributed by atoms with E-state index in [1.165, 1.54) is 38.5 Å². The van der Waals surface area contributed by atoms with E-state index >= 15 is 0 Å². The number of rotatable bonds is 5. The van der Waals surface area contributed by atoms with E-state index in [9.17, 15) is 13.2 Å². The minimum absolute atomic E-state index is 0.138. The zero-order chi connectivity index (χ0) is 16.3. The van der Waals surface area contributed by atoms with Crippen molar-refractivity contribution in [1.29, 1.82) is 0 Å². The van der Waals surface area contributed by atoms with Crippen LogP contribution in [0.5, 0.6) is 0 Å². The van der Waals surface area contributed by atoms with Gasteiger partial charge in [0, 0.05) is 19.5 Å². The van der Waals surface area contributed by atoms with E-state index in [1.807, 2.05) is 0 Å². The van der Waals surface area contributed by atoms with Gasteiger partial charge >= 0.3 is 0 Å². The van der Waals surface area contributed by atoms with Gasteiger partial charge in [0.15, 0.2) is 9.84 Å². The third-order valence-electron chi connectivity index (χ3n) is 6.17. The molecule has 0 aromatic carbocycles. The summed E-state index contributed by atoms with van der Waals surface area (Å²) in [6.07, 6.45) is 13.0. The Labute approximate surface area is 140 Å². The molecule has 0 N–H and O–H groups in total. The molecule has 0 atom stereocenters. The lowest BCUT2D eigenvalue weighted by Gasteiger charge is -2.41. The van der Waals surface area contributed by atoms with Crippen molar-refractivity contribution in [2.75, 3.05) is 13.1 Å². The van der Waals surface area contributed by atoms with Crippen LogP contribution in [0.15, 0.2) is 0 Å². The van der Waals surface area contributed by atoms with Crippen LogP contribution in [0, 0.1) is 5.92 Å². The van der Waals surface area contributed by atoms with Crippen LogP contribution in [0.25, 0.3) is 0 Å². The Bertz CT molecular complexity index is 498. The normalized spacial score (nSPS) is 25.3. The Hall–Kier alpha value is -0.580. The van der Waals surface area contributed by atoms with Gasteiger partial charge in [0.05, 0.1) is 10.5 Å². The van der Waals surface area contributed by atoms with E-state index in [4.69, 9.17) is 0 Å². The molecule has 1 aliphatic heterocycles. The quantitative estimate of drug-likeness (QED) is 0.771. The van der Waals surface area contributed by atoms with Crippen LogP contribution in [0.4, 0.5) is 0 Å². The zero-order valence-corrected chi connectivity index (χ0v) is 15.0. The average molecular weight is 342 g/mol. The summed E-state index contributed by atoms with van der Waals surface area (Å²) in [5, 5.41) is -0.426. The maximum Gasteiger partial charge on any atom is 0.222 e. The average Bonchev–Trinajstić information content (AvgIpc) is 2.53. The van der Waals surface area contributed by atoms with E-state index in [0.29, 0.717) is 19.5 Å². The van der Waals surface area contributed by atoms with Crippen LogP contribution in [-0.4, -0.2) is 42.8 Å². The highest BCUT2D eigenvalue weighted by Gasteiger charge is 2.43. The summed E-state index contributed by atoms with van der Waals surface area (Å²) < 4.78 is 25.2. The second kappa shape index (κ2) is 7.54. The second-order valence-electron chi connectivity index (χ2n) is 7.81. The van der Waals surface area contributed by atoms with E-state index in [0.717, 1.165) is 38.0 Å². The lowest BCUT2D eigenvalue weighted by molar-refractivity contribution is -0.134. The monoisotopic (exact) mass is 341 g/mol. The highest BCUT2D eigenvalue weighted by molar-refractivity contribution is 7.92. The number of amides is 1. The van der Waals surface area contributed by atoms with Crippen molar-refractivity contribution in [2.45, 2.75) is 87.5 Å². The summed E-state index contributed by atoms with van der Waals surface area (Å²) in [6.45, 7) is 0.894. The predicted molar refractivity (Wildman–Crippen MR) is 92.0 cm³/mol. The third kappa shape index (κ3) is 4.09. The molecular formula is C18H31NO3S. The predicted octanol–water partition coefficient (Wildman–Crippen LogP) is 3.31. The first-order valence-electron chi connectivity index (χ1n) is 9.58. The van der Waals surface area contributed by atoms with E-state index in [2.05, 4.69) is 0 Å². The lowest BCUT2D eigenvalue weighted by Crippen LogP contribution is -2.58. The van der Waals surface area contributed by atoms with Gasteiger partial charge in [-0.05, 0) is 25.2 Å². The Balaban J connectivity index is 1.41. The largest absolute Gasteiger partial charge is 0.340 e. The molecule has 3 fully saturated rings. The van der Waals surface area contributed by atoms with Crippen molar-refractivity contribution in [1.82, 2.24) is 4.90 Å². The Morgan fingerprint density at radius 1 is 0.826 bits per heavy atom. The van der Waals surface area contributed by atoms with Gasteiger partial charge in [-0.15, -0.1) is 0 Å². The van der Waals surface area contributed by atoms with Crippen LogP contribution >= 0.6 is 0 Å². The molecule has 2 saturated carbocycles. The van der Waals surface area contributed by atoms with Gasteiger partial charge in [0.25, 0.3) is 0 Å². The summed E-state index contributed by atoms with van der Waals surface area (Å²) >= 11 is 0. The fourth-order valence-electron chi connectivity index (χ4n) is 4.48. The summed E-state index contributed by atoms with van der Waals surface area (Å²) in [6, 6.07) is 0. The van der Waals surface area contributed by atoms with E-state index < -0.39 is 9.84 Å². The molecular weight excluding hydrogens is 310 g/mol. The Morgan fingerprint density at radius 3 is 2.00 bits per heavy atom. The van der Waals surface area contributed by atoms with Crippen molar-refractivity contribution in [3.05, 3.63) is 0 Å². The third-order valence-corrected chi connectivity index (χ3v) is 8.80. The molecule has 3 rings (SSSR count). The smallest absolute Gasteiger partial charge is 0.222 e. The van der Waals surface area contributed by atoms with Gasteiger partial charge < -0.3 is 4.90 Å². The molecule has 5 heteroatoms. The maximum absolute atomic E-state index is 12.6. The van der Waals surface area contributed by atoms with Crippen LogP contribution in [0.1, 0.15) is 77.0 Å². The Morgan fingerprint density at radius 2 is 1.39 bits per heavy atom. The fraction of sp³-hybridized carbons (Fsp3) is 0.944. The first-order valence-corrected chi connectivity index (χ1v) is 11.2. The molecule has 132 valence electrons. The number of hydrogen-bond acceptors (Lipinski definition) is 3. The molecule has 0 bridgehead atoms. The minimum Gasteiger partial charge on any atom is -0.340 e. The van der Waals surface area contributed by atoms with E-state index in [1.54, 1.807) is 4.90 Å². The standard InChI is InChI=1S/C18H31NO3S/c20-18(12-11-15-7-3-1-4-8-15)19-13-17(14-19)23(21,22)16-9-5-2-6-10-16/h15-17H,1-14H2. The molecule has 1 heterocycles. The van der Waals surface area contributed by atoms with Crippen LogP contribution < -0.4 is 0 Å². The van der Waals surface area contributed by atoms with Gasteiger partial charge in [0.1, 0.15) is 0 Å². The molecule has 23 heavy (non-hydrogen) atoms. The van der Waals surface area contributed by atoms with Gasteiger partial charge in [0.2, 0.25) is 5.91 Å². The van der Waals surface area contributed by atoms with Crippen molar-refractivity contribution >= 4 is 15.7 Å². The minimum atomic E-state index is -3.02. The number of sulfone groups is 1. The molecule has 0 aromatic heterocycles. The first kappa shape index (κ1) is 17.2. The molecule has 4 nitrogen and oxygen atoms in total. The molecule has 0 radical (unpaired) electrons. The molecule has 1 amide bonds.